The molecule has 0 aliphatic rings. The van der Waals surface area contributed by atoms with Crippen molar-refractivity contribution in [3.05, 3.63) is 71.9 Å². The van der Waals surface area contributed by atoms with Gasteiger partial charge >= 0.3 is 0 Å². The zero-order chi connectivity index (χ0) is 12.9. The van der Waals surface area contributed by atoms with Crippen LogP contribution in [-0.4, -0.2) is 15.4 Å². The predicted octanol–water partition coefficient (Wildman–Crippen LogP) is 3.64. The highest BCUT2D eigenvalue weighted by atomic mass is 15.3. The Morgan fingerprint density at radius 1 is 0.842 bits per heavy atom. The Balaban J connectivity index is 1.96. The van der Waals surface area contributed by atoms with E-state index in [1.54, 1.807) is 6.20 Å². The average molecular weight is 247 g/mol. The second-order valence-electron chi connectivity index (χ2n) is 4.19. The van der Waals surface area contributed by atoms with Crippen molar-refractivity contribution >= 4 is 12.2 Å². The van der Waals surface area contributed by atoms with Crippen LogP contribution in [0.1, 0.15) is 11.1 Å². The zero-order valence-electron chi connectivity index (χ0n) is 10.3. The third-order valence-corrected chi connectivity index (χ3v) is 2.91. The van der Waals surface area contributed by atoms with E-state index >= 15 is 0 Å². The average Bonchev–Trinajstić information content (AvgIpc) is 3.01. The molecule has 1 N–H and O–H groups in total. The highest BCUT2D eigenvalue weighted by Crippen LogP contribution is 2.22. The van der Waals surface area contributed by atoms with Crippen LogP contribution in [-0.2, 0) is 0 Å². The minimum atomic E-state index is 0.855. The maximum Gasteiger partial charge on any atom is 0.113 e. The summed E-state index contributed by atoms with van der Waals surface area (Å²) < 4.78 is 0. The van der Waals surface area contributed by atoms with Crippen LogP contribution in [0.2, 0.25) is 0 Å². The number of nitrogens with one attached hydrogen (secondary N) is 1. The largest absolute Gasteiger partial charge is 0.197 e. The quantitative estimate of drug-likeness (QED) is 0.718. The molecular formula is C16H13N3. The van der Waals surface area contributed by atoms with Gasteiger partial charge in [-0.1, -0.05) is 66.7 Å². The van der Waals surface area contributed by atoms with Crippen molar-refractivity contribution in [3.63, 3.8) is 0 Å². The van der Waals surface area contributed by atoms with Gasteiger partial charge in [0.05, 0.1) is 6.20 Å². The Kier molecular flexibility index (Phi) is 3.19. The fraction of sp³-hybridized carbons (Fsp3) is 0. The van der Waals surface area contributed by atoms with E-state index < -0.39 is 0 Å². The van der Waals surface area contributed by atoms with E-state index in [0.717, 1.165) is 16.8 Å². The lowest BCUT2D eigenvalue weighted by Gasteiger charge is -2.01. The van der Waals surface area contributed by atoms with E-state index in [1.807, 2.05) is 36.4 Å². The van der Waals surface area contributed by atoms with E-state index in [9.17, 15) is 0 Å². The Hall–Kier alpha value is -2.68. The second kappa shape index (κ2) is 5.31. The second-order valence-corrected chi connectivity index (χ2v) is 4.19. The van der Waals surface area contributed by atoms with Gasteiger partial charge in [-0.2, -0.15) is 15.4 Å². The number of rotatable bonds is 3. The van der Waals surface area contributed by atoms with E-state index in [-0.39, 0.29) is 0 Å². The standard InChI is InChI=1S/C16H13N3/c1-2-6-13(7-3-1)10-11-14-8-4-5-9-15(14)16-12-17-19-18-16/h1-12H,(H,17,18,19)/b11-10+. The van der Waals surface area contributed by atoms with Crippen molar-refractivity contribution in [3.8, 4) is 11.3 Å². The number of aromatic amines is 1. The number of hydrogen-bond acceptors (Lipinski definition) is 2. The summed E-state index contributed by atoms with van der Waals surface area (Å²) in [5.74, 6) is 0. The molecule has 0 fully saturated rings. The molecule has 3 aromatic rings. The first kappa shape index (κ1) is 11.4. The van der Waals surface area contributed by atoms with Crippen molar-refractivity contribution in [1.82, 2.24) is 15.4 Å². The van der Waals surface area contributed by atoms with Crippen LogP contribution in [0.4, 0.5) is 0 Å². The molecule has 0 saturated heterocycles. The summed E-state index contributed by atoms with van der Waals surface area (Å²) in [7, 11) is 0. The number of aromatic nitrogens is 3. The Labute approximate surface area is 111 Å². The van der Waals surface area contributed by atoms with Gasteiger partial charge < -0.3 is 0 Å². The summed E-state index contributed by atoms with van der Waals surface area (Å²) in [5.41, 5.74) is 4.23. The number of hydrogen-bond donors (Lipinski definition) is 1. The summed E-state index contributed by atoms with van der Waals surface area (Å²) in [4.78, 5) is 0. The van der Waals surface area contributed by atoms with Crippen molar-refractivity contribution in [2.45, 2.75) is 0 Å². The van der Waals surface area contributed by atoms with Crippen LogP contribution in [0.25, 0.3) is 23.4 Å². The Morgan fingerprint density at radius 2 is 1.63 bits per heavy atom. The van der Waals surface area contributed by atoms with Gasteiger partial charge in [-0.15, -0.1) is 0 Å². The molecule has 1 aromatic heterocycles. The fourth-order valence-corrected chi connectivity index (χ4v) is 1.96. The topological polar surface area (TPSA) is 41.6 Å². The molecule has 2 aromatic carbocycles. The zero-order valence-corrected chi connectivity index (χ0v) is 10.3. The summed E-state index contributed by atoms with van der Waals surface area (Å²) in [6.45, 7) is 0. The number of benzene rings is 2. The molecule has 3 rings (SSSR count). The van der Waals surface area contributed by atoms with E-state index in [1.165, 1.54) is 5.56 Å². The number of nitrogens with zero attached hydrogens (tertiary/aromatic N) is 2. The van der Waals surface area contributed by atoms with Crippen LogP contribution < -0.4 is 0 Å². The van der Waals surface area contributed by atoms with Gasteiger partial charge in [0, 0.05) is 5.56 Å². The van der Waals surface area contributed by atoms with Gasteiger partial charge in [0.1, 0.15) is 5.69 Å². The smallest absolute Gasteiger partial charge is 0.113 e. The molecule has 0 radical (unpaired) electrons. The lowest BCUT2D eigenvalue weighted by Crippen LogP contribution is -1.83. The molecule has 0 spiro atoms. The van der Waals surface area contributed by atoms with E-state index in [4.69, 9.17) is 0 Å². The first-order chi connectivity index (χ1) is 9.43. The molecule has 0 unspecified atom stereocenters. The summed E-state index contributed by atoms with van der Waals surface area (Å²) >= 11 is 0. The monoisotopic (exact) mass is 247 g/mol. The van der Waals surface area contributed by atoms with Crippen molar-refractivity contribution in [1.29, 1.82) is 0 Å². The number of H-pyrrole nitrogens is 1. The Morgan fingerprint density at radius 3 is 2.42 bits per heavy atom. The van der Waals surface area contributed by atoms with E-state index in [2.05, 4.69) is 45.8 Å². The predicted molar refractivity (Wildman–Crippen MR) is 77.2 cm³/mol. The third kappa shape index (κ3) is 2.60. The van der Waals surface area contributed by atoms with Gasteiger partial charge in [-0.3, -0.25) is 0 Å². The molecule has 3 nitrogen and oxygen atoms in total. The van der Waals surface area contributed by atoms with Gasteiger partial charge in [-0.05, 0) is 11.1 Å². The van der Waals surface area contributed by atoms with Crippen molar-refractivity contribution in [2.24, 2.45) is 0 Å². The minimum absolute atomic E-state index is 0.855. The summed E-state index contributed by atoms with van der Waals surface area (Å²) in [6, 6.07) is 18.4. The van der Waals surface area contributed by atoms with Gasteiger partial charge in [0.2, 0.25) is 0 Å². The molecule has 19 heavy (non-hydrogen) atoms. The molecule has 1 heterocycles. The lowest BCUT2D eigenvalue weighted by atomic mass is 10.0. The van der Waals surface area contributed by atoms with Gasteiger partial charge in [0.25, 0.3) is 0 Å². The molecule has 92 valence electrons. The van der Waals surface area contributed by atoms with Crippen LogP contribution in [0.5, 0.6) is 0 Å². The third-order valence-electron chi connectivity index (χ3n) is 2.91. The maximum atomic E-state index is 4.13. The van der Waals surface area contributed by atoms with Crippen LogP contribution in [0, 0.1) is 0 Å². The highest BCUT2D eigenvalue weighted by Gasteiger charge is 2.04. The normalized spacial score (nSPS) is 10.9. The molecule has 0 aliphatic carbocycles. The lowest BCUT2D eigenvalue weighted by molar-refractivity contribution is 0.942. The summed E-state index contributed by atoms with van der Waals surface area (Å²) in [6.07, 6.45) is 5.92. The highest BCUT2D eigenvalue weighted by molar-refractivity contribution is 5.79. The fourth-order valence-electron chi connectivity index (χ4n) is 1.96. The Bertz CT molecular complexity index is 670. The molecule has 0 saturated carbocycles. The van der Waals surface area contributed by atoms with Gasteiger partial charge in [-0.25, -0.2) is 0 Å². The molecule has 3 heteroatoms. The summed E-state index contributed by atoms with van der Waals surface area (Å²) in [5, 5.41) is 10.6. The van der Waals surface area contributed by atoms with Crippen LogP contribution >= 0.6 is 0 Å². The molecular weight excluding hydrogens is 234 g/mol. The van der Waals surface area contributed by atoms with Crippen molar-refractivity contribution in [2.75, 3.05) is 0 Å². The van der Waals surface area contributed by atoms with Crippen molar-refractivity contribution < 1.29 is 0 Å². The first-order valence-electron chi connectivity index (χ1n) is 6.12. The molecule has 0 atom stereocenters. The van der Waals surface area contributed by atoms with E-state index in [0.29, 0.717) is 0 Å². The minimum Gasteiger partial charge on any atom is -0.197 e. The van der Waals surface area contributed by atoms with Crippen LogP contribution in [0.3, 0.4) is 0 Å². The maximum absolute atomic E-state index is 4.13. The SMILES string of the molecule is C(=C\c1ccccc1-c1cn[nH]n1)/c1ccccc1. The van der Waals surface area contributed by atoms with Gasteiger partial charge in [0.15, 0.2) is 0 Å². The van der Waals surface area contributed by atoms with Crippen LogP contribution in [0.15, 0.2) is 60.8 Å². The molecule has 0 amide bonds. The molecule has 0 bridgehead atoms. The first-order valence-corrected chi connectivity index (χ1v) is 6.12. The molecule has 0 aliphatic heterocycles.